The van der Waals surface area contributed by atoms with Gasteiger partial charge in [0, 0.05) is 57.4 Å². The summed E-state index contributed by atoms with van der Waals surface area (Å²) in [5.74, 6) is -0.248. The van der Waals surface area contributed by atoms with Gasteiger partial charge < -0.3 is 9.80 Å². The van der Waals surface area contributed by atoms with E-state index in [2.05, 4.69) is 59.4 Å². The van der Waals surface area contributed by atoms with Crippen molar-refractivity contribution in [2.24, 2.45) is 0 Å². The Morgan fingerprint density at radius 2 is 1.29 bits per heavy atom. The Balaban J connectivity index is 1.62. The third-order valence-electron chi connectivity index (χ3n) is 8.48. The molecule has 4 rings (SSSR count). The van der Waals surface area contributed by atoms with Crippen molar-refractivity contribution in [3.63, 3.8) is 0 Å². The lowest BCUT2D eigenvalue weighted by Gasteiger charge is -2.47. The largest absolute Gasteiger partial charge is 0.370 e. The van der Waals surface area contributed by atoms with E-state index in [0.29, 0.717) is 12.5 Å². The third-order valence-corrected chi connectivity index (χ3v) is 8.48. The van der Waals surface area contributed by atoms with E-state index in [-0.39, 0.29) is 35.2 Å². The van der Waals surface area contributed by atoms with Gasteiger partial charge in [-0.1, -0.05) is 50.2 Å². The Kier molecular flexibility index (Phi) is 10.5. The predicted octanol–water partition coefficient (Wildman–Crippen LogP) is 6.13. The first kappa shape index (κ1) is 31.8. The first-order valence-corrected chi connectivity index (χ1v) is 15.0. The van der Waals surface area contributed by atoms with Crippen molar-refractivity contribution in [1.82, 2.24) is 14.7 Å². The zero-order valence-electron chi connectivity index (χ0n) is 26.1. The minimum atomic E-state index is -0.278. The summed E-state index contributed by atoms with van der Waals surface area (Å²) in [4.78, 5) is 23.0. The van der Waals surface area contributed by atoms with Crippen molar-refractivity contribution in [2.75, 3.05) is 52.2 Å². The maximum absolute atomic E-state index is 14.0. The van der Waals surface area contributed by atoms with Crippen LogP contribution in [0.2, 0.25) is 0 Å². The van der Waals surface area contributed by atoms with Crippen LogP contribution in [0.1, 0.15) is 61.9 Å². The molecule has 3 aromatic carbocycles. The molecule has 0 saturated carbocycles. The SMILES string of the molecule is CC(C)c1ccc(CN2C(C)CN(C(c3ccc(F)cc3)c3ccc(F)cc3)CC2C)c(=O)c(N(C)CCN(C)C)c1. The number of likely N-dealkylation sites (N-methyl/N-ethyl adjacent to an activating group) is 2. The molecular weight excluding hydrogens is 530 g/mol. The molecule has 0 bridgehead atoms. The van der Waals surface area contributed by atoms with Gasteiger partial charge in [0.2, 0.25) is 5.43 Å². The Morgan fingerprint density at radius 3 is 1.76 bits per heavy atom. The summed E-state index contributed by atoms with van der Waals surface area (Å²) in [7, 11) is 6.09. The molecule has 2 atom stereocenters. The minimum Gasteiger partial charge on any atom is -0.370 e. The highest BCUT2D eigenvalue weighted by atomic mass is 19.1. The van der Waals surface area contributed by atoms with Crippen LogP contribution in [-0.4, -0.2) is 74.1 Å². The average Bonchev–Trinajstić information content (AvgIpc) is 3.10. The summed E-state index contributed by atoms with van der Waals surface area (Å²) in [6.45, 7) is 12.4. The van der Waals surface area contributed by atoms with Crippen molar-refractivity contribution < 1.29 is 8.78 Å². The highest BCUT2D eigenvalue weighted by Crippen LogP contribution is 2.33. The number of piperazine rings is 1. The Hall–Kier alpha value is -3.13. The fraction of sp³-hybridized carbons (Fsp3) is 0.457. The van der Waals surface area contributed by atoms with Crippen LogP contribution < -0.4 is 10.3 Å². The monoisotopic (exact) mass is 576 g/mol. The molecule has 0 aliphatic carbocycles. The number of rotatable bonds is 10. The Morgan fingerprint density at radius 1 is 0.786 bits per heavy atom. The molecule has 3 aromatic rings. The van der Waals surface area contributed by atoms with E-state index in [0.717, 1.165) is 54.1 Å². The molecular formula is C35H46F2N4O. The maximum Gasteiger partial charge on any atom is 0.206 e. The highest BCUT2D eigenvalue weighted by molar-refractivity contribution is 5.50. The van der Waals surface area contributed by atoms with E-state index in [1.165, 1.54) is 24.3 Å². The van der Waals surface area contributed by atoms with Crippen LogP contribution in [0.25, 0.3) is 0 Å². The average molecular weight is 577 g/mol. The molecule has 0 aromatic heterocycles. The van der Waals surface area contributed by atoms with E-state index in [1.54, 1.807) is 0 Å². The van der Waals surface area contributed by atoms with Crippen molar-refractivity contribution >= 4 is 5.69 Å². The van der Waals surface area contributed by atoms with Crippen LogP contribution in [0.15, 0.2) is 71.5 Å². The molecule has 2 unspecified atom stereocenters. The lowest BCUT2D eigenvalue weighted by Crippen LogP contribution is -2.57. The number of hydrogen-bond acceptors (Lipinski definition) is 5. The molecule has 42 heavy (non-hydrogen) atoms. The first-order chi connectivity index (χ1) is 19.9. The van der Waals surface area contributed by atoms with Gasteiger partial charge in [0.05, 0.1) is 11.7 Å². The minimum absolute atomic E-state index is 0.0838. The normalized spacial score (nSPS) is 18.3. The van der Waals surface area contributed by atoms with Gasteiger partial charge in [-0.25, -0.2) is 8.78 Å². The van der Waals surface area contributed by atoms with Gasteiger partial charge >= 0.3 is 0 Å². The van der Waals surface area contributed by atoms with Crippen molar-refractivity contribution in [3.8, 4) is 0 Å². The fourth-order valence-corrected chi connectivity index (χ4v) is 5.97. The zero-order chi connectivity index (χ0) is 30.6. The number of anilines is 1. The van der Waals surface area contributed by atoms with Crippen molar-refractivity contribution in [2.45, 2.75) is 58.3 Å². The van der Waals surface area contributed by atoms with Crippen molar-refractivity contribution in [1.29, 1.82) is 0 Å². The van der Waals surface area contributed by atoms with Crippen LogP contribution in [0.3, 0.4) is 0 Å². The van der Waals surface area contributed by atoms with E-state index in [1.807, 2.05) is 51.5 Å². The molecule has 1 fully saturated rings. The van der Waals surface area contributed by atoms with Gasteiger partial charge in [0.25, 0.3) is 0 Å². The summed E-state index contributed by atoms with van der Waals surface area (Å²) >= 11 is 0. The van der Waals surface area contributed by atoms with E-state index < -0.39 is 0 Å². The Bertz CT molecular complexity index is 1320. The standard InChI is InChI=1S/C35H46F2N4O/c1-24(2)29-8-9-30(35(42)33(20-29)39(7)19-18-38(5)6)23-41-25(3)21-40(22-26(41)4)34(27-10-14-31(36)15-11-27)28-12-16-32(37)17-13-28/h8-17,20,24-26,34H,18-19,21-23H2,1-7H3. The number of nitrogens with zero attached hydrogens (tertiary/aromatic N) is 4. The van der Waals surface area contributed by atoms with Crippen LogP contribution in [-0.2, 0) is 6.54 Å². The molecule has 1 saturated heterocycles. The van der Waals surface area contributed by atoms with Gasteiger partial charge in [0.15, 0.2) is 0 Å². The summed E-state index contributed by atoms with van der Waals surface area (Å²) in [6, 6.07) is 19.6. The smallest absolute Gasteiger partial charge is 0.206 e. The maximum atomic E-state index is 14.0. The molecule has 0 spiro atoms. The fourth-order valence-electron chi connectivity index (χ4n) is 5.97. The lowest BCUT2D eigenvalue weighted by atomic mass is 9.94. The molecule has 0 amide bonds. The first-order valence-electron chi connectivity index (χ1n) is 15.0. The molecule has 0 N–H and O–H groups in total. The van der Waals surface area contributed by atoms with Gasteiger partial charge in [-0.3, -0.25) is 14.6 Å². The second kappa shape index (κ2) is 13.9. The number of halogens is 2. The van der Waals surface area contributed by atoms with E-state index >= 15 is 0 Å². The topological polar surface area (TPSA) is 30.0 Å². The zero-order valence-corrected chi connectivity index (χ0v) is 26.1. The highest BCUT2D eigenvalue weighted by Gasteiger charge is 2.34. The summed E-state index contributed by atoms with van der Waals surface area (Å²) in [6.07, 6.45) is 0. The predicted molar refractivity (Wildman–Crippen MR) is 169 cm³/mol. The number of hydrogen-bond donors (Lipinski definition) is 0. The van der Waals surface area contributed by atoms with Gasteiger partial charge in [-0.05, 0) is 80.9 Å². The molecule has 0 radical (unpaired) electrons. The summed E-state index contributed by atoms with van der Waals surface area (Å²) in [5, 5.41) is 0. The second-order valence-electron chi connectivity index (χ2n) is 12.4. The van der Waals surface area contributed by atoms with Crippen molar-refractivity contribution in [3.05, 3.63) is 111 Å². The number of benzene rings is 2. The molecule has 1 heterocycles. The van der Waals surface area contributed by atoms with Crippen LogP contribution >= 0.6 is 0 Å². The van der Waals surface area contributed by atoms with E-state index in [4.69, 9.17) is 0 Å². The van der Waals surface area contributed by atoms with Crippen LogP contribution in [0, 0.1) is 11.6 Å². The molecule has 1 aliphatic heterocycles. The third kappa shape index (κ3) is 7.63. The molecule has 226 valence electrons. The second-order valence-corrected chi connectivity index (χ2v) is 12.4. The lowest BCUT2D eigenvalue weighted by molar-refractivity contribution is 0.0183. The van der Waals surface area contributed by atoms with Gasteiger partial charge in [-0.15, -0.1) is 0 Å². The summed E-state index contributed by atoms with van der Waals surface area (Å²) in [5.41, 5.74) is 4.72. The van der Waals surface area contributed by atoms with Gasteiger partial charge in [0.1, 0.15) is 11.6 Å². The molecule has 7 heteroatoms. The van der Waals surface area contributed by atoms with E-state index in [9.17, 15) is 13.6 Å². The quantitative estimate of drug-likeness (QED) is 0.290. The van der Waals surface area contributed by atoms with Gasteiger partial charge in [-0.2, -0.15) is 0 Å². The molecule has 1 aliphatic rings. The summed E-state index contributed by atoms with van der Waals surface area (Å²) < 4.78 is 27.6. The molecule has 5 nitrogen and oxygen atoms in total. The van der Waals surface area contributed by atoms with Crippen LogP contribution in [0.5, 0.6) is 0 Å². The Labute approximate surface area is 250 Å². The van der Waals surface area contributed by atoms with Crippen LogP contribution in [0.4, 0.5) is 14.5 Å².